The van der Waals surface area contributed by atoms with E-state index in [1.54, 1.807) is 6.92 Å². The molecular weight excluding hydrogens is 232 g/mol. The van der Waals surface area contributed by atoms with Crippen molar-refractivity contribution in [3.63, 3.8) is 0 Å². The van der Waals surface area contributed by atoms with Gasteiger partial charge in [-0.15, -0.1) is 5.10 Å². The highest BCUT2D eigenvalue weighted by Crippen LogP contribution is 2.23. The third-order valence-electron chi connectivity index (χ3n) is 2.84. The topological polar surface area (TPSA) is 80.9 Å². The molecule has 1 aromatic heterocycles. The van der Waals surface area contributed by atoms with E-state index in [4.69, 9.17) is 5.11 Å². The minimum absolute atomic E-state index is 0.474. The van der Waals surface area contributed by atoms with Gasteiger partial charge in [-0.2, -0.15) is 0 Å². The van der Waals surface area contributed by atoms with Crippen molar-refractivity contribution in [2.75, 3.05) is 0 Å². The lowest BCUT2D eigenvalue weighted by molar-refractivity contribution is -0.140. The zero-order valence-corrected chi connectivity index (χ0v) is 10.5. The largest absolute Gasteiger partial charge is 0.480 e. The molecule has 2 rings (SSSR count). The Kier molecular flexibility index (Phi) is 3.10. The molecule has 1 aromatic carbocycles. The number of carboxylic acids is 1. The number of carbonyl (C=O) groups is 1. The van der Waals surface area contributed by atoms with Crippen molar-refractivity contribution in [3.8, 4) is 11.4 Å². The van der Waals surface area contributed by atoms with Crippen molar-refractivity contribution >= 4 is 5.97 Å². The smallest absolute Gasteiger partial charge is 0.328 e. The Morgan fingerprint density at radius 2 is 2.11 bits per heavy atom. The fraction of sp³-hybridized carbons (Fsp3) is 0.333. The highest BCUT2D eigenvalue weighted by atomic mass is 16.4. The summed E-state index contributed by atoms with van der Waals surface area (Å²) in [5, 5.41) is 20.3. The predicted molar refractivity (Wildman–Crippen MR) is 65.1 cm³/mol. The molecule has 6 heteroatoms. The number of carboxylic acid groups (broad SMARTS) is 1. The fourth-order valence-corrected chi connectivity index (χ4v) is 1.80. The van der Waals surface area contributed by atoms with Gasteiger partial charge < -0.3 is 5.11 Å². The number of rotatable bonds is 3. The Labute approximate surface area is 104 Å². The first-order valence-electron chi connectivity index (χ1n) is 5.59. The second kappa shape index (κ2) is 4.56. The van der Waals surface area contributed by atoms with Crippen molar-refractivity contribution in [1.82, 2.24) is 20.2 Å². The van der Waals surface area contributed by atoms with E-state index >= 15 is 0 Å². The quantitative estimate of drug-likeness (QED) is 0.889. The lowest BCUT2D eigenvalue weighted by atomic mass is 10.1. The Balaban J connectivity index is 2.52. The molecule has 0 saturated carbocycles. The van der Waals surface area contributed by atoms with Crippen LogP contribution in [0.4, 0.5) is 0 Å². The number of hydrogen-bond donors (Lipinski definition) is 1. The fourth-order valence-electron chi connectivity index (χ4n) is 1.80. The minimum atomic E-state index is -0.965. The van der Waals surface area contributed by atoms with Crippen LogP contribution in [0.15, 0.2) is 18.2 Å². The number of tetrazole rings is 1. The van der Waals surface area contributed by atoms with Gasteiger partial charge in [0.2, 0.25) is 0 Å². The van der Waals surface area contributed by atoms with E-state index < -0.39 is 12.0 Å². The van der Waals surface area contributed by atoms with Crippen molar-refractivity contribution in [1.29, 1.82) is 0 Å². The van der Waals surface area contributed by atoms with Crippen LogP contribution in [0.25, 0.3) is 11.4 Å². The summed E-state index contributed by atoms with van der Waals surface area (Å²) in [6.07, 6.45) is 0. The number of hydrogen-bond acceptors (Lipinski definition) is 4. The average Bonchev–Trinajstić information content (AvgIpc) is 2.76. The van der Waals surface area contributed by atoms with Gasteiger partial charge in [0.05, 0.1) is 0 Å². The van der Waals surface area contributed by atoms with Gasteiger partial charge in [0, 0.05) is 5.56 Å². The van der Waals surface area contributed by atoms with Crippen LogP contribution >= 0.6 is 0 Å². The van der Waals surface area contributed by atoms with Crippen LogP contribution in [0.5, 0.6) is 0 Å². The van der Waals surface area contributed by atoms with Gasteiger partial charge in [-0.25, -0.2) is 9.48 Å². The van der Waals surface area contributed by atoms with Crippen molar-refractivity contribution in [2.24, 2.45) is 0 Å². The molecule has 0 spiro atoms. The summed E-state index contributed by atoms with van der Waals surface area (Å²) < 4.78 is 1.32. The van der Waals surface area contributed by atoms with Crippen molar-refractivity contribution in [3.05, 3.63) is 29.3 Å². The maximum absolute atomic E-state index is 11.0. The maximum Gasteiger partial charge on any atom is 0.328 e. The predicted octanol–water partition coefficient (Wildman–Crippen LogP) is 1.60. The van der Waals surface area contributed by atoms with E-state index in [9.17, 15) is 4.79 Å². The van der Waals surface area contributed by atoms with E-state index in [0.717, 1.165) is 16.7 Å². The lowest BCUT2D eigenvalue weighted by Gasteiger charge is -2.10. The number of benzene rings is 1. The molecule has 18 heavy (non-hydrogen) atoms. The third kappa shape index (κ3) is 2.09. The Hall–Kier alpha value is -2.24. The second-order valence-corrected chi connectivity index (χ2v) is 4.28. The van der Waals surface area contributed by atoms with E-state index in [2.05, 4.69) is 15.5 Å². The van der Waals surface area contributed by atoms with Crippen LogP contribution < -0.4 is 0 Å². The number of aromatic nitrogens is 4. The van der Waals surface area contributed by atoms with Gasteiger partial charge >= 0.3 is 5.97 Å². The highest BCUT2D eigenvalue weighted by Gasteiger charge is 2.20. The third-order valence-corrected chi connectivity index (χ3v) is 2.84. The molecule has 1 unspecified atom stereocenters. The summed E-state index contributed by atoms with van der Waals surface area (Å²) in [5.74, 6) is -0.490. The number of aliphatic carboxylic acids is 1. The van der Waals surface area contributed by atoms with Gasteiger partial charge in [-0.1, -0.05) is 23.8 Å². The summed E-state index contributed by atoms with van der Waals surface area (Å²) in [5.41, 5.74) is 3.00. The van der Waals surface area contributed by atoms with Crippen LogP contribution in [0, 0.1) is 13.8 Å². The molecule has 1 heterocycles. The normalized spacial score (nSPS) is 12.4. The van der Waals surface area contributed by atoms with Crippen LogP contribution in [0.2, 0.25) is 0 Å². The lowest BCUT2D eigenvalue weighted by Crippen LogP contribution is -2.18. The van der Waals surface area contributed by atoms with E-state index in [0.29, 0.717) is 5.82 Å². The molecule has 0 aliphatic heterocycles. The zero-order valence-electron chi connectivity index (χ0n) is 10.5. The van der Waals surface area contributed by atoms with Crippen molar-refractivity contribution in [2.45, 2.75) is 26.8 Å². The van der Waals surface area contributed by atoms with Crippen LogP contribution in [0.1, 0.15) is 24.1 Å². The summed E-state index contributed by atoms with van der Waals surface area (Å²) in [4.78, 5) is 11.0. The summed E-state index contributed by atoms with van der Waals surface area (Å²) in [6.45, 7) is 5.50. The van der Waals surface area contributed by atoms with E-state index in [1.807, 2.05) is 32.0 Å². The Bertz CT molecular complexity index is 592. The molecular formula is C12H14N4O2. The molecule has 0 aliphatic rings. The molecule has 6 nitrogen and oxygen atoms in total. The molecule has 0 radical (unpaired) electrons. The van der Waals surface area contributed by atoms with Gasteiger partial charge in [0.1, 0.15) is 0 Å². The molecule has 0 amide bonds. The number of nitrogens with zero attached hydrogens (tertiary/aromatic N) is 4. The maximum atomic E-state index is 11.0. The van der Waals surface area contributed by atoms with Crippen LogP contribution in [-0.4, -0.2) is 31.3 Å². The van der Waals surface area contributed by atoms with Gasteiger partial charge in [-0.05, 0) is 36.8 Å². The Morgan fingerprint density at radius 1 is 1.39 bits per heavy atom. The molecule has 2 aromatic rings. The average molecular weight is 246 g/mol. The standard InChI is InChI=1S/C12H14N4O2/c1-7-4-5-10(8(2)6-7)11-13-14-15-16(11)9(3)12(17)18/h4-6,9H,1-3H3,(H,17,18). The minimum Gasteiger partial charge on any atom is -0.480 e. The molecule has 0 bridgehead atoms. The first-order chi connectivity index (χ1) is 8.50. The molecule has 0 saturated heterocycles. The van der Waals surface area contributed by atoms with Gasteiger partial charge in [0.15, 0.2) is 11.9 Å². The molecule has 0 fully saturated rings. The van der Waals surface area contributed by atoms with Gasteiger partial charge in [0.25, 0.3) is 0 Å². The molecule has 1 atom stereocenters. The van der Waals surface area contributed by atoms with E-state index in [1.165, 1.54) is 4.68 Å². The highest BCUT2D eigenvalue weighted by molar-refractivity contribution is 5.72. The van der Waals surface area contributed by atoms with Crippen LogP contribution in [-0.2, 0) is 4.79 Å². The summed E-state index contributed by atoms with van der Waals surface area (Å²) in [6, 6.07) is 5.07. The summed E-state index contributed by atoms with van der Waals surface area (Å²) in [7, 11) is 0. The molecule has 1 N–H and O–H groups in total. The SMILES string of the molecule is Cc1ccc(-c2nnnn2C(C)C(=O)O)c(C)c1. The first kappa shape index (κ1) is 12.2. The van der Waals surface area contributed by atoms with Crippen LogP contribution in [0.3, 0.4) is 0 Å². The second-order valence-electron chi connectivity index (χ2n) is 4.28. The zero-order chi connectivity index (χ0) is 13.3. The monoisotopic (exact) mass is 246 g/mol. The molecule has 0 aliphatic carbocycles. The number of aryl methyl sites for hydroxylation is 2. The summed E-state index contributed by atoms with van der Waals surface area (Å²) >= 11 is 0. The van der Waals surface area contributed by atoms with Crippen molar-refractivity contribution < 1.29 is 9.90 Å². The van der Waals surface area contributed by atoms with Gasteiger partial charge in [-0.3, -0.25) is 0 Å². The first-order valence-corrected chi connectivity index (χ1v) is 5.59. The molecule has 94 valence electrons. The van der Waals surface area contributed by atoms with E-state index in [-0.39, 0.29) is 0 Å². The Morgan fingerprint density at radius 3 is 2.72 bits per heavy atom.